The number of carbonyl (C=O) groups is 6. The van der Waals surface area contributed by atoms with E-state index in [1.165, 1.54) is 36.5 Å². The van der Waals surface area contributed by atoms with E-state index in [0.717, 1.165) is 61.3 Å². The zero-order chi connectivity index (χ0) is 92.3. The van der Waals surface area contributed by atoms with Crippen molar-refractivity contribution >= 4 is 114 Å². The minimum atomic E-state index is -3.64. The van der Waals surface area contributed by atoms with Crippen molar-refractivity contribution in [3.05, 3.63) is 107 Å². The lowest BCUT2D eigenvalue weighted by molar-refractivity contribution is -0.180. The maximum absolute atomic E-state index is 13.2. The van der Waals surface area contributed by atoms with Crippen LogP contribution in [0.25, 0.3) is 34.4 Å². The third kappa shape index (κ3) is 45.7. The average molecular weight is 1860 g/mol. The Hall–Kier alpha value is -8.09. The third-order valence-corrected chi connectivity index (χ3v) is 20.3. The number of nitrogens with two attached hydrogens (primary N) is 3. The van der Waals surface area contributed by atoms with Gasteiger partial charge < -0.3 is 64.9 Å². The first-order valence-electron chi connectivity index (χ1n) is 40.4. The zero-order valence-corrected chi connectivity index (χ0v) is 78.6. The number of fused-ring (bicyclic) bond motifs is 2. The highest BCUT2D eigenvalue weighted by Crippen LogP contribution is 2.36. The Balaban J connectivity index is 0.00000152. The molecule has 4 aliphatic heterocycles. The number of sulfonamides is 2. The van der Waals surface area contributed by atoms with Crippen molar-refractivity contribution in [2.75, 3.05) is 110 Å². The third-order valence-electron chi connectivity index (χ3n) is 15.6. The summed E-state index contributed by atoms with van der Waals surface area (Å²) < 4.78 is 83.6. The van der Waals surface area contributed by atoms with Crippen LogP contribution in [0, 0.1) is 11.8 Å². The Morgan fingerprint density at radius 1 is 0.554 bits per heavy atom. The van der Waals surface area contributed by atoms with E-state index in [2.05, 4.69) is 76.8 Å². The van der Waals surface area contributed by atoms with Crippen LogP contribution in [0.3, 0.4) is 0 Å². The van der Waals surface area contributed by atoms with Gasteiger partial charge in [0.2, 0.25) is 20.0 Å². The molecule has 4 aromatic rings. The molecule has 0 atom stereocenters. The molecular weight excluding hydrogens is 1720 g/mol. The van der Waals surface area contributed by atoms with E-state index < -0.39 is 61.2 Å². The molecule has 2 saturated heterocycles. The molecule has 2 fully saturated rings. The van der Waals surface area contributed by atoms with Gasteiger partial charge >= 0.3 is 30.3 Å². The van der Waals surface area contributed by atoms with Crippen molar-refractivity contribution in [2.45, 2.75) is 210 Å². The number of carboxylic acids is 1. The van der Waals surface area contributed by atoms with E-state index in [9.17, 15) is 55.8 Å². The normalized spacial score (nSPS) is 14.3. The maximum atomic E-state index is 13.2. The SMILES string of the molecule is CC(C)(C)OC(=O)OC(=O)OC(C)(C)C.CCCI.CCCN(OCC)C(=O)/C1=C/c2ccc(-c3cccc(S(=O)(=O)N4CC(CO)C4)c3)cc2N=C(N)CC1.CCCN(OCC)C(=O)OC(C)(C)C.CCCNOCC.CCOC.CCOC(C)=O.CCON.NC1=Nc2cc(-c3cccc(S(=O)(=O)N4CC(CO)C4)c3)ccc2C=C(C(=O)O)C1. The number of methoxy groups -OCH3 is 1. The van der Waals surface area contributed by atoms with E-state index in [0.29, 0.717) is 112 Å². The van der Waals surface area contributed by atoms with Crippen LogP contribution in [0.15, 0.2) is 116 Å². The first-order valence-corrected chi connectivity index (χ1v) is 44.9. The van der Waals surface area contributed by atoms with E-state index >= 15 is 0 Å². The number of hydrogen-bond acceptors (Lipinski definition) is 28. The first kappa shape index (κ1) is 113. The number of aliphatic carboxylic acids is 1. The monoisotopic (exact) mass is 1860 g/mol. The summed E-state index contributed by atoms with van der Waals surface area (Å²) in [6.07, 6.45) is 5.85. The van der Waals surface area contributed by atoms with Gasteiger partial charge in [0.15, 0.2) is 0 Å². The van der Waals surface area contributed by atoms with Crippen LogP contribution in [0.1, 0.15) is 195 Å². The Morgan fingerprint density at radius 3 is 1.31 bits per heavy atom. The summed E-state index contributed by atoms with van der Waals surface area (Å²) >= 11 is 2.35. The van der Waals surface area contributed by atoms with Gasteiger partial charge in [0.1, 0.15) is 22.6 Å². The van der Waals surface area contributed by atoms with Crippen LogP contribution >= 0.6 is 22.6 Å². The van der Waals surface area contributed by atoms with Gasteiger partial charge in [-0.25, -0.2) is 62.4 Å². The fourth-order valence-corrected chi connectivity index (χ4v) is 13.2. The first-order chi connectivity index (χ1) is 56.9. The number of ether oxygens (including phenoxy) is 6. The number of amides is 2. The van der Waals surface area contributed by atoms with Gasteiger partial charge in [-0.3, -0.25) is 19.3 Å². The lowest BCUT2D eigenvalue weighted by Gasteiger charge is -2.36. The van der Waals surface area contributed by atoms with Crippen LogP contribution in [0.4, 0.5) is 25.8 Å². The molecule has 33 nitrogen and oxygen atoms in total. The van der Waals surface area contributed by atoms with Crippen LogP contribution in [0.2, 0.25) is 0 Å². The number of hydroxylamine groups is 5. The summed E-state index contributed by atoms with van der Waals surface area (Å²) in [5.41, 5.74) is 19.2. The Morgan fingerprint density at radius 2 is 0.967 bits per heavy atom. The second-order valence-corrected chi connectivity index (χ2v) is 34.7. The molecule has 10 N–H and O–H groups in total. The molecule has 4 aliphatic rings. The molecule has 121 heavy (non-hydrogen) atoms. The summed E-state index contributed by atoms with van der Waals surface area (Å²) in [5.74, 6) is 3.69. The van der Waals surface area contributed by atoms with Gasteiger partial charge in [-0.2, -0.15) is 13.7 Å². The number of benzene rings is 4. The number of nitrogens with zero attached hydrogens (tertiary/aromatic N) is 6. The fraction of sp³-hybridized carbons (Fsp3) is 0.576. The van der Waals surface area contributed by atoms with Crippen LogP contribution in [-0.4, -0.2) is 226 Å². The van der Waals surface area contributed by atoms with Gasteiger partial charge in [0, 0.05) is 120 Å². The number of carboxylic acid groups (broad SMARTS) is 1. The molecule has 0 unspecified atom stereocenters. The summed E-state index contributed by atoms with van der Waals surface area (Å²) in [7, 11) is -5.58. The van der Waals surface area contributed by atoms with Gasteiger partial charge in [0.05, 0.1) is 66.6 Å². The number of rotatable bonds is 26. The molecule has 0 radical (unpaired) electrons. The maximum Gasteiger partial charge on any atom is 0.519 e. The number of halogens is 1. The molecule has 0 bridgehead atoms. The van der Waals surface area contributed by atoms with Crippen molar-refractivity contribution in [2.24, 2.45) is 39.2 Å². The highest BCUT2D eigenvalue weighted by molar-refractivity contribution is 14.1. The van der Waals surface area contributed by atoms with Gasteiger partial charge in [-0.1, -0.05) is 98.8 Å². The lowest BCUT2D eigenvalue weighted by Crippen LogP contribution is -2.51. The summed E-state index contributed by atoms with van der Waals surface area (Å²) in [6.45, 7) is 43.1. The van der Waals surface area contributed by atoms with E-state index in [-0.39, 0.29) is 64.5 Å². The van der Waals surface area contributed by atoms with Gasteiger partial charge in [0.25, 0.3) is 5.91 Å². The highest BCUT2D eigenvalue weighted by Gasteiger charge is 2.38. The molecule has 2 amide bonds. The molecule has 0 saturated carbocycles. The number of aliphatic hydroxyl groups is 2. The minimum absolute atomic E-state index is 0.0117. The van der Waals surface area contributed by atoms with E-state index in [4.69, 9.17) is 45.3 Å². The fourth-order valence-electron chi connectivity index (χ4n) is 9.90. The molecular formula is C85H137IN10O23S2. The number of aliphatic imine (C=N–C) groups is 2. The predicted octanol–water partition coefficient (Wildman–Crippen LogP) is 14.5. The van der Waals surface area contributed by atoms with Gasteiger partial charge in [-0.15, -0.1) is 0 Å². The number of alkyl halides is 1. The molecule has 0 spiro atoms. The summed E-state index contributed by atoms with van der Waals surface area (Å²) in [5, 5.41) is 30.3. The minimum Gasteiger partial charge on any atom is -0.478 e. The number of nitrogens with one attached hydrogen (secondary N) is 1. The van der Waals surface area contributed by atoms with Crippen LogP contribution in [0.5, 0.6) is 0 Å². The Kier molecular flexibility index (Phi) is 55.7. The van der Waals surface area contributed by atoms with Gasteiger partial charge in [-0.05, 0) is 211 Å². The van der Waals surface area contributed by atoms with Crippen molar-refractivity contribution in [1.29, 1.82) is 0 Å². The molecule has 36 heteroatoms. The van der Waals surface area contributed by atoms with Crippen molar-refractivity contribution in [3.63, 3.8) is 0 Å². The number of aliphatic hydroxyl groups excluding tert-OH is 2. The molecule has 4 aromatic carbocycles. The largest absolute Gasteiger partial charge is 0.519 e. The van der Waals surface area contributed by atoms with Crippen LogP contribution in [-0.2, 0) is 82.2 Å². The van der Waals surface area contributed by atoms with Crippen molar-refractivity contribution in [3.8, 4) is 22.3 Å². The lowest BCUT2D eigenvalue weighted by atomic mass is 9.98. The van der Waals surface area contributed by atoms with E-state index in [1.54, 1.807) is 122 Å². The molecule has 8 rings (SSSR count). The van der Waals surface area contributed by atoms with Crippen LogP contribution < -0.4 is 22.8 Å². The van der Waals surface area contributed by atoms with Crippen molar-refractivity contribution in [1.82, 2.24) is 24.2 Å². The predicted molar refractivity (Wildman–Crippen MR) is 479 cm³/mol. The summed E-state index contributed by atoms with van der Waals surface area (Å²) in [4.78, 5) is 96.8. The molecule has 4 heterocycles. The number of esters is 1. The average Bonchev–Trinajstić information content (AvgIpc) is 0.977. The molecule has 0 aromatic heterocycles. The number of hydrogen-bond donors (Lipinski definition) is 7. The topological polar surface area (TPSA) is 451 Å². The summed E-state index contributed by atoms with van der Waals surface area (Å²) in [6, 6.07) is 24.3. The van der Waals surface area contributed by atoms with E-state index in [1.807, 2.05) is 99.6 Å². The second-order valence-electron chi connectivity index (χ2n) is 29.7. The quantitative estimate of drug-likeness (QED) is 0.00584. The zero-order valence-electron chi connectivity index (χ0n) is 74.8. The molecule has 0 aliphatic carbocycles. The highest BCUT2D eigenvalue weighted by atomic mass is 127. The Bertz CT molecular complexity index is 4080. The number of carbonyl (C=O) groups excluding carboxylic acids is 5. The smallest absolute Gasteiger partial charge is 0.478 e. The second kappa shape index (κ2) is 59.7. The molecule has 684 valence electrons. The standard InChI is InChI=1S/C27H34N4O5S.C21H21N3O5S.C10H21NO3.C10H18O5.C5H13NO.C4H8O2.C3H7I.C3H8O.C2H7NO/c1-3-12-31(36-4-2)27(33)23-10-11-26(28)29-25-15-21(8-9-22(25)13-23)20-6-5-7-24(14-20)37(34,35)30-16-19(17-30)18-32;22-20-9-17(21(26)27)6-16-5-4-15(8-19(16)23-20)14-2-1-3-18(7-14)30(28,29)24-10-13(11-24)12-25;1-6-8-11(13-7-2)9(12)14-10(3,4)5;1-9(2,3)14-7(11)13-8(12)15-10(4,5)6;1-3-5-6-7-4-2;1-3-6-4(2)5;1-2-3-4;1-3-4-2;1-2-4-3/h5-9,13-15,19,32H,3-4,10-12,16-18H2,1-2H3,(H2,28,29);1-8,13,25H,9-12H2,(H2,22,23)(H,26,27);6-8H2,1-5H3;1-6H3;6H,3-5H2,1-2H3;3H2,1-2H3;2-3H2,1H3;3H2,1-2H3;2-3H2,1H3/b23-13+;;;;;;;;. The number of amidine groups is 2. The van der Waals surface area contributed by atoms with Crippen molar-refractivity contribution < 1.29 is 109 Å². The Labute approximate surface area is 731 Å².